The first-order chi connectivity index (χ1) is 7.80. The van der Waals surface area contributed by atoms with E-state index in [-0.39, 0.29) is 6.04 Å². The third kappa shape index (κ3) is 5.15. The zero-order valence-electron chi connectivity index (χ0n) is 11.4. The molecule has 0 fully saturated rings. The highest BCUT2D eigenvalue weighted by Crippen LogP contribution is 2.19. The number of nitrogens with zero attached hydrogens (tertiary/aromatic N) is 1. The van der Waals surface area contributed by atoms with Crippen molar-refractivity contribution >= 4 is 11.3 Å². The Balaban J connectivity index is 2.45. The van der Waals surface area contributed by atoms with E-state index in [1.807, 2.05) is 13.8 Å². The normalized spacial score (nSPS) is 17.1. The van der Waals surface area contributed by atoms with E-state index in [1.165, 1.54) is 0 Å². The second kappa shape index (κ2) is 5.94. The number of hydrogen-bond acceptors (Lipinski definition) is 4. The minimum absolute atomic E-state index is 0.193. The van der Waals surface area contributed by atoms with Crippen LogP contribution in [0.25, 0.3) is 0 Å². The quantitative estimate of drug-likeness (QED) is 0.822. The van der Waals surface area contributed by atoms with Crippen LogP contribution in [0.5, 0.6) is 0 Å². The Morgan fingerprint density at radius 2 is 2.12 bits per heavy atom. The molecule has 0 bridgehead atoms. The summed E-state index contributed by atoms with van der Waals surface area (Å²) in [6.45, 7) is 10.8. The fourth-order valence-corrected chi connectivity index (χ4v) is 2.71. The zero-order chi connectivity index (χ0) is 13.1. The summed E-state index contributed by atoms with van der Waals surface area (Å²) in [6.07, 6.45) is 0.808. The molecule has 0 amide bonds. The molecule has 4 heteroatoms. The largest absolute Gasteiger partial charge is 0.389 e. The van der Waals surface area contributed by atoms with E-state index >= 15 is 0 Å². The molecular formula is C13H24N2OS. The van der Waals surface area contributed by atoms with Crippen molar-refractivity contribution in [2.45, 2.75) is 52.7 Å². The maximum Gasteiger partial charge on any atom is 0.0898 e. The highest BCUT2D eigenvalue weighted by molar-refractivity contribution is 7.09. The molecular weight excluding hydrogens is 232 g/mol. The van der Waals surface area contributed by atoms with Gasteiger partial charge >= 0.3 is 0 Å². The minimum atomic E-state index is -0.645. The topological polar surface area (TPSA) is 45.2 Å². The third-order valence-electron chi connectivity index (χ3n) is 2.72. The molecule has 0 aliphatic carbocycles. The van der Waals surface area contributed by atoms with Crippen molar-refractivity contribution in [3.63, 3.8) is 0 Å². The molecule has 1 aromatic heterocycles. The van der Waals surface area contributed by atoms with Crippen LogP contribution in [0.1, 0.15) is 50.9 Å². The summed E-state index contributed by atoms with van der Waals surface area (Å²) in [5, 5.41) is 16.7. The van der Waals surface area contributed by atoms with Crippen LogP contribution in [0.4, 0.5) is 0 Å². The molecule has 1 heterocycles. The predicted octanol–water partition coefficient (Wildman–Crippen LogP) is 2.90. The van der Waals surface area contributed by atoms with Gasteiger partial charge in [-0.1, -0.05) is 13.8 Å². The van der Waals surface area contributed by atoms with Gasteiger partial charge in [-0.05, 0) is 33.1 Å². The van der Waals surface area contributed by atoms with Crippen LogP contribution in [0.2, 0.25) is 0 Å². The average molecular weight is 256 g/mol. The SMILES string of the molecule is Cc1nc(C(C)NCC(C)(O)CC(C)C)cs1. The molecule has 0 aliphatic rings. The Morgan fingerprint density at radius 1 is 1.47 bits per heavy atom. The first-order valence-corrected chi connectivity index (χ1v) is 7.06. The molecule has 0 saturated heterocycles. The Bertz CT molecular complexity index is 347. The van der Waals surface area contributed by atoms with Gasteiger partial charge in [0.25, 0.3) is 0 Å². The lowest BCUT2D eigenvalue weighted by Crippen LogP contribution is -2.39. The molecule has 3 nitrogen and oxygen atoms in total. The standard InChI is InChI=1S/C13H24N2OS/c1-9(2)6-13(5,16)8-14-10(3)12-7-17-11(4)15-12/h7,9-10,14,16H,6,8H2,1-5H3. The summed E-state index contributed by atoms with van der Waals surface area (Å²) in [5.74, 6) is 0.503. The van der Waals surface area contributed by atoms with E-state index < -0.39 is 5.60 Å². The summed E-state index contributed by atoms with van der Waals surface area (Å²) in [7, 11) is 0. The highest BCUT2D eigenvalue weighted by Gasteiger charge is 2.22. The van der Waals surface area contributed by atoms with Crippen molar-refractivity contribution in [3.05, 3.63) is 16.1 Å². The molecule has 0 aliphatic heterocycles. The van der Waals surface area contributed by atoms with Crippen molar-refractivity contribution < 1.29 is 5.11 Å². The maximum absolute atomic E-state index is 10.2. The van der Waals surface area contributed by atoms with Crippen LogP contribution < -0.4 is 5.32 Å². The molecule has 2 unspecified atom stereocenters. The van der Waals surface area contributed by atoms with Gasteiger partial charge in [-0.2, -0.15) is 0 Å². The van der Waals surface area contributed by atoms with Crippen molar-refractivity contribution in [1.29, 1.82) is 0 Å². The first kappa shape index (κ1) is 14.6. The summed E-state index contributed by atoms with van der Waals surface area (Å²) in [6, 6.07) is 0.193. The van der Waals surface area contributed by atoms with E-state index in [9.17, 15) is 5.11 Å². The van der Waals surface area contributed by atoms with Gasteiger partial charge in [0, 0.05) is 18.0 Å². The van der Waals surface area contributed by atoms with Gasteiger partial charge in [0.05, 0.1) is 16.3 Å². The number of nitrogens with one attached hydrogen (secondary N) is 1. The van der Waals surface area contributed by atoms with Crippen LogP contribution in [0, 0.1) is 12.8 Å². The second-order valence-corrected chi connectivity index (χ2v) is 6.55. The van der Waals surface area contributed by atoms with Crippen LogP contribution in [-0.4, -0.2) is 22.2 Å². The van der Waals surface area contributed by atoms with Crippen molar-refractivity contribution in [3.8, 4) is 0 Å². The monoisotopic (exact) mass is 256 g/mol. The van der Waals surface area contributed by atoms with Crippen LogP contribution >= 0.6 is 11.3 Å². The van der Waals surface area contributed by atoms with Gasteiger partial charge in [0.2, 0.25) is 0 Å². The van der Waals surface area contributed by atoms with Crippen LogP contribution in [-0.2, 0) is 0 Å². The lowest BCUT2D eigenvalue weighted by atomic mass is 9.94. The Kier molecular flexibility index (Phi) is 5.10. The third-order valence-corrected chi connectivity index (χ3v) is 3.51. The van der Waals surface area contributed by atoms with Gasteiger partial charge in [-0.15, -0.1) is 11.3 Å². The van der Waals surface area contributed by atoms with Crippen LogP contribution in [0.3, 0.4) is 0 Å². The van der Waals surface area contributed by atoms with Crippen molar-refractivity contribution in [1.82, 2.24) is 10.3 Å². The molecule has 0 spiro atoms. The molecule has 1 aromatic rings. The Labute approximate surface area is 108 Å². The summed E-state index contributed by atoms with van der Waals surface area (Å²) in [4.78, 5) is 4.45. The predicted molar refractivity (Wildman–Crippen MR) is 73.3 cm³/mol. The second-order valence-electron chi connectivity index (χ2n) is 5.49. The van der Waals surface area contributed by atoms with Gasteiger partial charge in [-0.3, -0.25) is 0 Å². The molecule has 0 radical (unpaired) electrons. The zero-order valence-corrected chi connectivity index (χ0v) is 12.3. The van der Waals surface area contributed by atoms with Gasteiger partial charge in [0.1, 0.15) is 0 Å². The smallest absolute Gasteiger partial charge is 0.0898 e. The summed E-state index contributed by atoms with van der Waals surface area (Å²) >= 11 is 1.66. The van der Waals surface area contributed by atoms with Gasteiger partial charge in [0.15, 0.2) is 0 Å². The number of hydrogen-bond donors (Lipinski definition) is 2. The van der Waals surface area contributed by atoms with Gasteiger partial charge in [-0.25, -0.2) is 4.98 Å². The van der Waals surface area contributed by atoms with Crippen molar-refractivity contribution in [2.75, 3.05) is 6.54 Å². The Morgan fingerprint density at radius 3 is 2.59 bits per heavy atom. The van der Waals surface area contributed by atoms with E-state index in [2.05, 4.69) is 36.5 Å². The number of aryl methyl sites for hydroxylation is 1. The lowest BCUT2D eigenvalue weighted by Gasteiger charge is -2.27. The first-order valence-electron chi connectivity index (χ1n) is 6.18. The summed E-state index contributed by atoms with van der Waals surface area (Å²) < 4.78 is 0. The molecule has 17 heavy (non-hydrogen) atoms. The van der Waals surface area contributed by atoms with Gasteiger partial charge < -0.3 is 10.4 Å². The molecule has 2 N–H and O–H groups in total. The average Bonchev–Trinajstić information content (AvgIpc) is 2.59. The van der Waals surface area contributed by atoms with E-state index in [1.54, 1.807) is 11.3 Å². The number of aromatic nitrogens is 1. The fraction of sp³-hybridized carbons (Fsp3) is 0.769. The van der Waals surface area contributed by atoms with E-state index in [0.29, 0.717) is 12.5 Å². The number of rotatable bonds is 6. The number of aliphatic hydroxyl groups is 1. The van der Waals surface area contributed by atoms with Crippen LogP contribution in [0.15, 0.2) is 5.38 Å². The maximum atomic E-state index is 10.2. The summed E-state index contributed by atoms with van der Waals surface area (Å²) in [5.41, 5.74) is 0.417. The van der Waals surface area contributed by atoms with E-state index in [0.717, 1.165) is 17.1 Å². The molecule has 98 valence electrons. The Hall–Kier alpha value is -0.450. The highest BCUT2D eigenvalue weighted by atomic mass is 32.1. The fourth-order valence-electron chi connectivity index (χ4n) is 2.01. The lowest BCUT2D eigenvalue weighted by molar-refractivity contribution is 0.0362. The minimum Gasteiger partial charge on any atom is -0.389 e. The van der Waals surface area contributed by atoms with Crippen molar-refractivity contribution in [2.24, 2.45) is 5.92 Å². The molecule has 1 rings (SSSR count). The molecule has 2 atom stereocenters. The molecule has 0 saturated carbocycles. The number of thiazole rings is 1. The molecule has 0 aromatic carbocycles. The van der Waals surface area contributed by atoms with E-state index in [4.69, 9.17) is 0 Å².